The maximum absolute atomic E-state index is 13.5. The lowest BCUT2D eigenvalue weighted by Gasteiger charge is -2.19. The summed E-state index contributed by atoms with van der Waals surface area (Å²) < 4.78 is 18.8. The fraction of sp³-hybridized carbons (Fsp3) is 0.381. The Morgan fingerprint density at radius 3 is 2.92 bits per heavy atom. The molecule has 2 aromatic carbocycles. The van der Waals surface area contributed by atoms with Crippen LogP contribution in [0.5, 0.6) is 5.75 Å². The number of carbonyl (C=O) groups is 1. The van der Waals surface area contributed by atoms with Gasteiger partial charge in [-0.05, 0) is 42.7 Å². The Kier molecular flexibility index (Phi) is 5.76. The number of nitrogens with zero attached hydrogens (tertiary/aromatic N) is 1. The number of rotatable bonds is 7. The van der Waals surface area contributed by atoms with Gasteiger partial charge in [-0.15, -0.1) is 0 Å². The highest BCUT2D eigenvalue weighted by Crippen LogP contribution is 2.35. The molecule has 1 heterocycles. The fourth-order valence-electron chi connectivity index (χ4n) is 3.50. The van der Waals surface area contributed by atoms with E-state index in [0.29, 0.717) is 13.0 Å². The molecule has 1 atom stereocenters. The SMILES string of the molecule is COc1ccccc1CN(C)C(=O)CCCC1CNc2ccc(F)cc21. The van der Waals surface area contributed by atoms with Crippen LogP contribution >= 0.6 is 0 Å². The van der Waals surface area contributed by atoms with Crippen LogP contribution in [-0.2, 0) is 11.3 Å². The maximum Gasteiger partial charge on any atom is 0.222 e. The number of methoxy groups -OCH3 is 1. The molecule has 1 aliphatic heterocycles. The Labute approximate surface area is 154 Å². The molecule has 0 saturated carbocycles. The molecule has 0 radical (unpaired) electrons. The molecule has 3 rings (SSSR count). The van der Waals surface area contributed by atoms with Crippen LogP contribution in [0.1, 0.15) is 36.3 Å². The fourth-order valence-corrected chi connectivity index (χ4v) is 3.50. The van der Waals surface area contributed by atoms with Gasteiger partial charge in [0.15, 0.2) is 0 Å². The molecule has 1 unspecified atom stereocenters. The molecule has 0 fully saturated rings. The second-order valence-corrected chi connectivity index (χ2v) is 6.76. The third-order valence-electron chi connectivity index (χ3n) is 4.96. The molecule has 0 spiro atoms. The normalized spacial score (nSPS) is 15.3. The number of anilines is 1. The van der Waals surface area contributed by atoms with E-state index in [0.717, 1.165) is 42.0 Å². The third kappa shape index (κ3) is 4.15. The number of halogens is 1. The summed E-state index contributed by atoms with van der Waals surface area (Å²) in [6, 6.07) is 12.6. The lowest BCUT2D eigenvalue weighted by Crippen LogP contribution is -2.26. The van der Waals surface area contributed by atoms with E-state index in [1.807, 2.05) is 31.3 Å². The summed E-state index contributed by atoms with van der Waals surface area (Å²) in [4.78, 5) is 14.2. The number of hydrogen-bond donors (Lipinski definition) is 1. The van der Waals surface area contributed by atoms with Crippen molar-refractivity contribution < 1.29 is 13.9 Å². The van der Waals surface area contributed by atoms with Gasteiger partial charge in [0.25, 0.3) is 0 Å². The predicted molar refractivity (Wildman–Crippen MR) is 101 cm³/mol. The van der Waals surface area contributed by atoms with Gasteiger partial charge in [0.1, 0.15) is 11.6 Å². The first kappa shape index (κ1) is 18.2. The van der Waals surface area contributed by atoms with Crippen LogP contribution < -0.4 is 10.1 Å². The Morgan fingerprint density at radius 1 is 1.31 bits per heavy atom. The molecule has 5 heteroatoms. The Morgan fingerprint density at radius 2 is 2.12 bits per heavy atom. The average Bonchev–Trinajstić information content (AvgIpc) is 3.04. The molecule has 1 amide bonds. The van der Waals surface area contributed by atoms with Crippen molar-refractivity contribution in [3.8, 4) is 5.75 Å². The topological polar surface area (TPSA) is 41.6 Å². The first-order valence-electron chi connectivity index (χ1n) is 8.97. The van der Waals surface area contributed by atoms with E-state index < -0.39 is 0 Å². The lowest BCUT2D eigenvalue weighted by atomic mass is 9.95. The molecular formula is C21H25FN2O2. The minimum Gasteiger partial charge on any atom is -0.496 e. The minimum absolute atomic E-state index is 0.112. The highest BCUT2D eigenvalue weighted by molar-refractivity contribution is 5.76. The lowest BCUT2D eigenvalue weighted by molar-refractivity contribution is -0.130. The van der Waals surface area contributed by atoms with Crippen LogP contribution in [0.2, 0.25) is 0 Å². The smallest absolute Gasteiger partial charge is 0.222 e. The van der Waals surface area contributed by atoms with Crippen LogP contribution in [0.4, 0.5) is 10.1 Å². The molecule has 138 valence electrons. The van der Waals surface area contributed by atoms with Gasteiger partial charge < -0.3 is 15.0 Å². The molecule has 1 N–H and O–H groups in total. The van der Waals surface area contributed by atoms with E-state index in [9.17, 15) is 9.18 Å². The van der Waals surface area contributed by atoms with Crippen molar-refractivity contribution in [2.45, 2.75) is 31.7 Å². The van der Waals surface area contributed by atoms with E-state index >= 15 is 0 Å². The molecule has 4 nitrogen and oxygen atoms in total. The van der Waals surface area contributed by atoms with Crippen molar-refractivity contribution in [1.29, 1.82) is 0 Å². The summed E-state index contributed by atoms with van der Waals surface area (Å²) in [6.45, 7) is 1.34. The van der Waals surface area contributed by atoms with E-state index in [4.69, 9.17) is 4.74 Å². The zero-order valence-electron chi connectivity index (χ0n) is 15.3. The minimum atomic E-state index is -0.204. The van der Waals surface area contributed by atoms with Gasteiger partial charge >= 0.3 is 0 Å². The van der Waals surface area contributed by atoms with E-state index in [1.165, 1.54) is 6.07 Å². The molecule has 0 aliphatic carbocycles. The molecule has 0 saturated heterocycles. The van der Waals surface area contributed by atoms with Gasteiger partial charge in [0.2, 0.25) is 5.91 Å². The molecule has 0 bridgehead atoms. The van der Waals surface area contributed by atoms with Crippen LogP contribution in [0.25, 0.3) is 0 Å². The van der Waals surface area contributed by atoms with Gasteiger partial charge in [0, 0.05) is 43.7 Å². The summed E-state index contributed by atoms with van der Waals surface area (Å²) in [5, 5.41) is 3.31. The van der Waals surface area contributed by atoms with Crippen molar-refractivity contribution in [2.24, 2.45) is 0 Å². The predicted octanol–water partition coefficient (Wildman–Crippen LogP) is 4.17. The quantitative estimate of drug-likeness (QED) is 0.809. The monoisotopic (exact) mass is 356 g/mol. The molecular weight excluding hydrogens is 331 g/mol. The van der Waals surface area contributed by atoms with Gasteiger partial charge in [-0.2, -0.15) is 0 Å². The van der Waals surface area contributed by atoms with Crippen LogP contribution in [0.15, 0.2) is 42.5 Å². The number of para-hydroxylation sites is 1. The highest BCUT2D eigenvalue weighted by atomic mass is 19.1. The zero-order chi connectivity index (χ0) is 18.5. The summed E-state index contributed by atoms with van der Waals surface area (Å²) in [6.07, 6.45) is 2.15. The number of nitrogens with one attached hydrogen (secondary N) is 1. The van der Waals surface area contributed by atoms with Gasteiger partial charge in [-0.3, -0.25) is 4.79 Å². The van der Waals surface area contributed by atoms with Crippen molar-refractivity contribution in [3.05, 3.63) is 59.4 Å². The summed E-state index contributed by atoms with van der Waals surface area (Å²) in [7, 11) is 3.45. The second-order valence-electron chi connectivity index (χ2n) is 6.76. The van der Waals surface area contributed by atoms with Crippen LogP contribution in [0.3, 0.4) is 0 Å². The van der Waals surface area contributed by atoms with Gasteiger partial charge in [-0.1, -0.05) is 18.2 Å². The van der Waals surface area contributed by atoms with E-state index in [1.54, 1.807) is 24.1 Å². The second kappa shape index (κ2) is 8.21. The van der Waals surface area contributed by atoms with E-state index in [-0.39, 0.29) is 17.6 Å². The van der Waals surface area contributed by atoms with Crippen LogP contribution in [-0.4, -0.2) is 31.5 Å². The van der Waals surface area contributed by atoms with Crippen molar-refractivity contribution in [2.75, 3.05) is 26.0 Å². The Hall–Kier alpha value is -2.56. The average molecular weight is 356 g/mol. The van der Waals surface area contributed by atoms with Gasteiger partial charge in [-0.25, -0.2) is 4.39 Å². The summed E-state index contributed by atoms with van der Waals surface area (Å²) in [5.74, 6) is 0.974. The number of hydrogen-bond acceptors (Lipinski definition) is 3. The third-order valence-corrected chi connectivity index (χ3v) is 4.96. The van der Waals surface area contributed by atoms with Crippen LogP contribution in [0, 0.1) is 5.82 Å². The molecule has 26 heavy (non-hydrogen) atoms. The standard InChI is InChI=1S/C21H25FN2O2/c1-24(14-16-6-3-4-8-20(16)26-2)21(25)9-5-7-15-13-23-19-11-10-17(22)12-18(15)19/h3-4,6,8,10-12,15,23H,5,7,9,13-14H2,1-2H3. The molecule has 1 aliphatic rings. The Balaban J connectivity index is 1.50. The first-order valence-corrected chi connectivity index (χ1v) is 8.97. The highest BCUT2D eigenvalue weighted by Gasteiger charge is 2.22. The maximum atomic E-state index is 13.5. The summed E-state index contributed by atoms with van der Waals surface area (Å²) in [5.41, 5.74) is 3.03. The zero-order valence-corrected chi connectivity index (χ0v) is 15.3. The van der Waals surface area contributed by atoms with Crippen molar-refractivity contribution in [3.63, 3.8) is 0 Å². The van der Waals surface area contributed by atoms with Crippen molar-refractivity contribution in [1.82, 2.24) is 4.90 Å². The number of benzene rings is 2. The van der Waals surface area contributed by atoms with E-state index in [2.05, 4.69) is 5.32 Å². The first-order chi connectivity index (χ1) is 12.6. The number of ether oxygens (including phenoxy) is 1. The Bertz CT molecular complexity index is 778. The van der Waals surface area contributed by atoms with Gasteiger partial charge in [0.05, 0.1) is 7.11 Å². The molecule has 2 aromatic rings. The number of carbonyl (C=O) groups excluding carboxylic acids is 1. The largest absolute Gasteiger partial charge is 0.496 e. The number of fused-ring (bicyclic) bond motifs is 1. The molecule has 0 aromatic heterocycles. The number of amides is 1. The van der Waals surface area contributed by atoms with Crippen molar-refractivity contribution >= 4 is 11.6 Å². The summed E-state index contributed by atoms with van der Waals surface area (Å²) >= 11 is 0.